The van der Waals surface area contributed by atoms with Gasteiger partial charge in [0, 0.05) is 24.1 Å². The van der Waals surface area contributed by atoms with Crippen LogP contribution in [0.4, 0.5) is 0 Å². The molecule has 0 bridgehead atoms. The Hall–Kier alpha value is -0.920. The van der Waals surface area contributed by atoms with E-state index < -0.39 is 10.0 Å². The van der Waals surface area contributed by atoms with Crippen LogP contribution in [0.25, 0.3) is 0 Å². The van der Waals surface area contributed by atoms with Crippen molar-refractivity contribution in [2.45, 2.75) is 63.3 Å². The second-order valence-corrected chi connectivity index (χ2v) is 8.15. The van der Waals surface area contributed by atoms with Gasteiger partial charge in [0.05, 0.1) is 11.8 Å². The van der Waals surface area contributed by atoms with Crippen molar-refractivity contribution < 1.29 is 17.7 Å². The maximum absolute atomic E-state index is 12.4. The maximum Gasteiger partial charge on any atom is 0.217 e. The fraction of sp³-hybridized carbons (Fsp3) is 0.800. The molecule has 1 aromatic rings. The lowest BCUT2D eigenvalue weighted by molar-refractivity contribution is -0.144. The molecule has 7 heteroatoms. The van der Waals surface area contributed by atoms with Gasteiger partial charge in [-0.3, -0.25) is 0 Å². The molecule has 2 fully saturated rings. The van der Waals surface area contributed by atoms with Gasteiger partial charge in [0.2, 0.25) is 10.0 Å². The maximum atomic E-state index is 12.4. The lowest BCUT2D eigenvalue weighted by atomic mass is 9.55. The summed E-state index contributed by atoms with van der Waals surface area (Å²) in [4.78, 5) is 0. The van der Waals surface area contributed by atoms with E-state index in [2.05, 4.69) is 9.88 Å². The van der Waals surface area contributed by atoms with E-state index in [-0.39, 0.29) is 23.3 Å². The van der Waals surface area contributed by atoms with E-state index in [0.717, 1.165) is 32.1 Å². The zero-order valence-corrected chi connectivity index (χ0v) is 13.8. The Bertz CT molecular complexity index is 579. The van der Waals surface area contributed by atoms with E-state index in [9.17, 15) is 8.42 Å². The number of nitrogens with zero attached hydrogens (tertiary/aromatic N) is 1. The Labute approximate surface area is 131 Å². The monoisotopic (exact) mass is 328 g/mol. The highest BCUT2D eigenvalue weighted by molar-refractivity contribution is 7.88. The quantitative estimate of drug-likeness (QED) is 0.866. The standard InChI is InChI=1S/C15H24N2O4S/c1-2-20-14-10-13(15(14)7-4-3-5-8-15)17-22(18,19)11-12-6-9-21-16-12/h6,9,13-14,17H,2-5,7-8,10-11H2,1H3/t13-,14+/m0/s1. The van der Waals surface area contributed by atoms with Gasteiger partial charge in [0.1, 0.15) is 12.0 Å². The van der Waals surface area contributed by atoms with Crippen LogP contribution in [0.2, 0.25) is 0 Å². The van der Waals surface area contributed by atoms with E-state index in [1.807, 2.05) is 6.92 Å². The molecule has 2 aliphatic rings. The molecule has 22 heavy (non-hydrogen) atoms. The van der Waals surface area contributed by atoms with E-state index >= 15 is 0 Å². The molecular formula is C15H24N2O4S. The van der Waals surface area contributed by atoms with E-state index in [0.29, 0.717) is 12.3 Å². The summed E-state index contributed by atoms with van der Waals surface area (Å²) in [6, 6.07) is 1.57. The molecule has 0 amide bonds. The summed E-state index contributed by atoms with van der Waals surface area (Å²) in [7, 11) is -3.41. The number of hydrogen-bond donors (Lipinski definition) is 1. The Morgan fingerprint density at radius 3 is 2.82 bits per heavy atom. The van der Waals surface area contributed by atoms with Crippen molar-refractivity contribution >= 4 is 10.0 Å². The number of hydrogen-bond acceptors (Lipinski definition) is 5. The van der Waals surface area contributed by atoms with Crippen LogP contribution in [-0.2, 0) is 20.5 Å². The Balaban J connectivity index is 1.68. The summed E-state index contributed by atoms with van der Waals surface area (Å²) in [6.07, 6.45) is 8.00. The number of sulfonamides is 1. The molecule has 1 N–H and O–H groups in total. The molecule has 1 spiro atoms. The van der Waals surface area contributed by atoms with Crippen LogP contribution in [0, 0.1) is 5.41 Å². The first-order valence-corrected chi connectivity index (χ1v) is 9.72. The van der Waals surface area contributed by atoms with Crippen molar-refractivity contribution in [1.82, 2.24) is 9.88 Å². The highest BCUT2D eigenvalue weighted by Crippen LogP contribution is 2.53. The first-order chi connectivity index (χ1) is 10.6. The zero-order valence-electron chi connectivity index (χ0n) is 13.0. The van der Waals surface area contributed by atoms with Gasteiger partial charge in [-0.15, -0.1) is 0 Å². The van der Waals surface area contributed by atoms with Gasteiger partial charge in [-0.25, -0.2) is 13.1 Å². The van der Waals surface area contributed by atoms with Gasteiger partial charge in [-0.1, -0.05) is 24.4 Å². The molecule has 0 aromatic carbocycles. The van der Waals surface area contributed by atoms with Gasteiger partial charge in [-0.2, -0.15) is 0 Å². The molecule has 6 nitrogen and oxygen atoms in total. The summed E-state index contributed by atoms with van der Waals surface area (Å²) in [6.45, 7) is 2.68. The molecule has 0 saturated heterocycles. The van der Waals surface area contributed by atoms with Crippen molar-refractivity contribution in [2.75, 3.05) is 6.61 Å². The summed E-state index contributed by atoms with van der Waals surface area (Å²) in [5.74, 6) is -0.130. The predicted octanol–water partition coefficient (Wildman–Crippen LogP) is 2.22. The minimum Gasteiger partial charge on any atom is -0.378 e. The van der Waals surface area contributed by atoms with Crippen molar-refractivity contribution in [1.29, 1.82) is 0 Å². The number of ether oxygens (including phenoxy) is 1. The zero-order chi connectivity index (χ0) is 15.6. The first-order valence-electron chi connectivity index (χ1n) is 8.06. The molecule has 2 atom stereocenters. The molecule has 1 aromatic heterocycles. The molecule has 2 saturated carbocycles. The van der Waals surface area contributed by atoms with Crippen molar-refractivity contribution in [3.05, 3.63) is 18.0 Å². The summed E-state index contributed by atoms with van der Waals surface area (Å²) < 4.78 is 38.2. The smallest absolute Gasteiger partial charge is 0.217 e. The van der Waals surface area contributed by atoms with Crippen molar-refractivity contribution in [2.24, 2.45) is 5.41 Å². The topological polar surface area (TPSA) is 81.4 Å². The molecular weight excluding hydrogens is 304 g/mol. The highest BCUT2D eigenvalue weighted by Gasteiger charge is 2.56. The number of aromatic nitrogens is 1. The largest absolute Gasteiger partial charge is 0.378 e. The first kappa shape index (κ1) is 16.0. The minimum absolute atomic E-state index is 0.00878. The van der Waals surface area contributed by atoms with Gasteiger partial charge in [0.15, 0.2) is 0 Å². The Morgan fingerprint density at radius 2 is 2.18 bits per heavy atom. The third-order valence-electron chi connectivity index (χ3n) is 5.09. The SMILES string of the molecule is CCO[C@@H]1C[C@H](NS(=O)(=O)Cc2ccon2)C12CCCCC2. The molecule has 124 valence electrons. The van der Waals surface area contributed by atoms with E-state index in [1.54, 1.807) is 6.07 Å². The van der Waals surface area contributed by atoms with Gasteiger partial charge < -0.3 is 9.26 Å². The van der Waals surface area contributed by atoms with Crippen molar-refractivity contribution in [3.8, 4) is 0 Å². The van der Waals surface area contributed by atoms with Crippen LogP contribution in [0.1, 0.15) is 51.1 Å². The summed E-state index contributed by atoms with van der Waals surface area (Å²) >= 11 is 0. The van der Waals surface area contributed by atoms with Crippen LogP contribution in [0.3, 0.4) is 0 Å². The normalized spacial score (nSPS) is 27.7. The van der Waals surface area contributed by atoms with Gasteiger partial charge in [0.25, 0.3) is 0 Å². The number of nitrogens with one attached hydrogen (secondary N) is 1. The lowest BCUT2D eigenvalue weighted by Gasteiger charge is -2.57. The molecule has 2 aliphatic carbocycles. The van der Waals surface area contributed by atoms with Crippen LogP contribution in [0.15, 0.2) is 16.9 Å². The van der Waals surface area contributed by atoms with Crippen LogP contribution in [-0.4, -0.2) is 32.3 Å². The highest BCUT2D eigenvalue weighted by atomic mass is 32.2. The summed E-state index contributed by atoms with van der Waals surface area (Å²) in [5.41, 5.74) is 0.427. The minimum atomic E-state index is -3.41. The molecule has 0 radical (unpaired) electrons. The number of rotatable bonds is 6. The second-order valence-electron chi connectivity index (χ2n) is 6.39. The third-order valence-corrected chi connectivity index (χ3v) is 6.41. The molecule has 1 heterocycles. The van der Waals surface area contributed by atoms with E-state index in [4.69, 9.17) is 9.26 Å². The Kier molecular flexibility index (Phi) is 4.56. The lowest BCUT2D eigenvalue weighted by Crippen LogP contribution is -2.65. The molecule has 0 aliphatic heterocycles. The molecule has 0 unspecified atom stereocenters. The molecule has 3 rings (SSSR count). The van der Waals surface area contributed by atoms with Crippen LogP contribution >= 0.6 is 0 Å². The Morgan fingerprint density at radius 1 is 1.41 bits per heavy atom. The summed E-state index contributed by atoms with van der Waals surface area (Å²) in [5, 5.41) is 3.68. The van der Waals surface area contributed by atoms with Crippen LogP contribution < -0.4 is 4.72 Å². The van der Waals surface area contributed by atoms with Gasteiger partial charge >= 0.3 is 0 Å². The average Bonchev–Trinajstić information content (AvgIpc) is 2.99. The predicted molar refractivity (Wildman–Crippen MR) is 81.6 cm³/mol. The second kappa shape index (κ2) is 6.29. The fourth-order valence-electron chi connectivity index (χ4n) is 3.99. The van der Waals surface area contributed by atoms with Crippen molar-refractivity contribution in [3.63, 3.8) is 0 Å². The third kappa shape index (κ3) is 3.07. The van der Waals surface area contributed by atoms with E-state index in [1.165, 1.54) is 12.7 Å². The van der Waals surface area contributed by atoms with Gasteiger partial charge in [-0.05, 0) is 26.2 Å². The fourth-order valence-corrected chi connectivity index (χ4v) is 5.38. The average molecular weight is 328 g/mol. The van der Waals surface area contributed by atoms with Crippen LogP contribution in [0.5, 0.6) is 0 Å².